The van der Waals surface area contributed by atoms with Crippen LogP contribution in [-0.4, -0.2) is 23.4 Å². The third-order valence-electron chi connectivity index (χ3n) is 4.01. The Morgan fingerprint density at radius 3 is 2.59 bits per heavy atom. The quantitative estimate of drug-likeness (QED) is 0.906. The van der Waals surface area contributed by atoms with Crippen molar-refractivity contribution in [2.45, 2.75) is 39.0 Å². The van der Waals surface area contributed by atoms with E-state index in [9.17, 15) is 0 Å². The molecule has 0 spiro atoms. The van der Waals surface area contributed by atoms with Gasteiger partial charge in [-0.05, 0) is 54.1 Å². The Bertz CT molecular complexity index is 394. The van der Waals surface area contributed by atoms with Crippen LogP contribution in [0.25, 0.3) is 0 Å². The molecule has 96 valence electrons. The van der Waals surface area contributed by atoms with E-state index in [2.05, 4.69) is 52.0 Å². The molecule has 1 heterocycles. The normalized spacial score (nSPS) is 18.1. The van der Waals surface area contributed by atoms with Crippen molar-refractivity contribution in [2.75, 3.05) is 13.6 Å². The monoisotopic (exact) mass is 299 g/mol. The molecule has 0 amide bonds. The van der Waals surface area contributed by atoms with Crippen LogP contribution in [0.1, 0.15) is 37.6 Å². The van der Waals surface area contributed by atoms with Crippen molar-refractivity contribution >= 4 is 15.9 Å². The highest BCUT2D eigenvalue weighted by Crippen LogP contribution is 2.44. The number of halogens is 1. The molecule has 1 saturated carbocycles. The van der Waals surface area contributed by atoms with Crippen LogP contribution in [-0.2, 0) is 19.9 Å². The first-order valence-electron chi connectivity index (χ1n) is 6.47. The van der Waals surface area contributed by atoms with Crippen molar-refractivity contribution < 1.29 is 0 Å². The summed E-state index contributed by atoms with van der Waals surface area (Å²) in [5.74, 6) is 0. The zero-order valence-electron chi connectivity index (χ0n) is 11.0. The van der Waals surface area contributed by atoms with Crippen LogP contribution in [0.15, 0.2) is 4.47 Å². The summed E-state index contributed by atoms with van der Waals surface area (Å²) in [7, 11) is 4.11. The fourth-order valence-electron chi connectivity index (χ4n) is 2.83. The van der Waals surface area contributed by atoms with Crippen molar-refractivity contribution in [2.24, 2.45) is 12.5 Å². The predicted molar refractivity (Wildman–Crippen MR) is 74.2 cm³/mol. The van der Waals surface area contributed by atoms with Gasteiger partial charge < -0.3 is 5.32 Å². The van der Waals surface area contributed by atoms with Gasteiger partial charge in [-0.3, -0.25) is 4.68 Å². The van der Waals surface area contributed by atoms with Gasteiger partial charge in [0.05, 0.1) is 15.9 Å². The van der Waals surface area contributed by atoms with Crippen molar-refractivity contribution in [3.8, 4) is 0 Å². The minimum Gasteiger partial charge on any atom is -0.319 e. The Kier molecular flexibility index (Phi) is 3.93. The first-order chi connectivity index (χ1) is 8.12. The Labute approximate surface area is 112 Å². The molecule has 1 fully saturated rings. The highest BCUT2D eigenvalue weighted by atomic mass is 79.9. The van der Waals surface area contributed by atoms with Gasteiger partial charge in [-0.1, -0.05) is 13.3 Å². The summed E-state index contributed by atoms with van der Waals surface area (Å²) in [5.41, 5.74) is 3.01. The summed E-state index contributed by atoms with van der Waals surface area (Å²) < 4.78 is 3.28. The Hall–Kier alpha value is -0.350. The molecule has 1 aromatic rings. The maximum atomic E-state index is 4.58. The Morgan fingerprint density at radius 2 is 2.18 bits per heavy atom. The predicted octanol–water partition coefficient (Wildman–Crippen LogP) is 2.68. The molecular weight excluding hydrogens is 278 g/mol. The third kappa shape index (κ3) is 2.43. The van der Waals surface area contributed by atoms with Crippen molar-refractivity contribution in [1.29, 1.82) is 0 Å². The van der Waals surface area contributed by atoms with Gasteiger partial charge in [0.25, 0.3) is 0 Å². The lowest BCUT2D eigenvalue weighted by Crippen LogP contribution is -2.41. The molecule has 1 aromatic heterocycles. The van der Waals surface area contributed by atoms with Gasteiger partial charge in [0.15, 0.2) is 0 Å². The first kappa shape index (κ1) is 13.1. The second kappa shape index (κ2) is 5.11. The summed E-state index contributed by atoms with van der Waals surface area (Å²) in [6.45, 7) is 3.27. The average Bonchev–Trinajstić information content (AvgIpc) is 2.53. The Balaban J connectivity index is 2.20. The molecular formula is C13H22BrN3. The van der Waals surface area contributed by atoms with Gasteiger partial charge in [-0.25, -0.2) is 0 Å². The molecule has 0 bridgehead atoms. The lowest BCUT2D eigenvalue weighted by molar-refractivity contribution is 0.130. The van der Waals surface area contributed by atoms with Gasteiger partial charge >= 0.3 is 0 Å². The zero-order chi connectivity index (χ0) is 12.5. The molecule has 0 unspecified atom stereocenters. The fourth-order valence-corrected chi connectivity index (χ4v) is 3.59. The SMILES string of the molecule is CCc1nn(C)c(CC2(CNC)CCC2)c1Br. The number of nitrogens with zero attached hydrogens (tertiary/aromatic N) is 2. The van der Waals surface area contributed by atoms with E-state index in [0.717, 1.165) is 19.4 Å². The largest absolute Gasteiger partial charge is 0.319 e. The smallest absolute Gasteiger partial charge is 0.0766 e. The number of hydrogen-bond acceptors (Lipinski definition) is 2. The van der Waals surface area contributed by atoms with E-state index in [0.29, 0.717) is 5.41 Å². The van der Waals surface area contributed by atoms with Crippen LogP contribution >= 0.6 is 15.9 Å². The molecule has 17 heavy (non-hydrogen) atoms. The molecule has 0 radical (unpaired) electrons. The lowest BCUT2D eigenvalue weighted by Gasteiger charge is -2.42. The summed E-state index contributed by atoms with van der Waals surface area (Å²) in [6.07, 6.45) is 6.18. The second-order valence-corrected chi connectivity index (χ2v) is 6.04. The van der Waals surface area contributed by atoms with Gasteiger partial charge in [-0.2, -0.15) is 5.10 Å². The molecule has 2 rings (SSSR count). The van der Waals surface area contributed by atoms with Gasteiger partial charge in [0, 0.05) is 13.6 Å². The van der Waals surface area contributed by atoms with Crippen LogP contribution < -0.4 is 5.32 Å². The molecule has 0 saturated heterocycles. The average molecular weight is 300 g/mol. The van der Waals surface area contributed by atoms with E-state index >= 15 is 0 Å². The highest BCUT2D eigenvalue weighted by molar-refractivity contribution is 9.10. The maximum absolute atomic E-state index is 4.58. The highest BCUT2D eigenvalue weighted by Gasteiger charge is 2.37. The van der Waals surface area contributed by atoms with Crippen molar-refractivity contribution in [3.63, 3.8) is 0 Å². The topological polar surface area (TPSA) is 29.9 Å². The van der Waals surface area contributed by atoms with Crippen LogP contribution in [0.5, 0.6) is 0 Å². The molecule has 1 aliphatic carbocycles. The van der Waals surface area contributed by atoms with Crippen LogP contribution in [0.3, 0.4) is 0 Å². The van der Waals surface area contributed by atoms with E-state index in [4.69, 9.17) is 0 Å². The minimum atomic E-state index is 0.468. The summed E-state index contributed by atoms with van der Waals surface area (Å²) >= 11 is 3.72. The summed E-state index contributed by atoms with van der Waals surface area (Å²) in [5, 5.41) is 7.93. The number of aryl methyl sites for hydroxylation is 2. The van der Waals surface area contributed by atoms with Gasteiger partial charge in [0.2, 0.25) is 0 Å². The van der Waals surface area contributed by atoms with Crippen molar-refractivity contribution in [3.05, 3.63) is 15.9 Å². The number of rotatable bonds is 5. The molecule has 0 atom stereocenters. The zero-order valence-corrected chi connectivity index (χ0v) is 12.6. The standard InChI is InChI=1S/C13H22BrN3/c1-4-10-12(14)11(17(3)16-10)8-13(9-15-2)6-5-7-13/h15H,4-9H2,1-3H3. The van der Waals surface area contributed by atoms with E-state index < -0.39 is 0 Å². The number of nitrogens with one attached hydrogen (secondary N) is 1. The van der Waals surface area contributed by atoms with Crippen LogP contribution in [0, 0.1) is 5.41 Å². The van der Waals surface area contributed by atoms with E-state index in [1.54, 1.807) is 0 Å². The summed E-state index contributed by atoms with van der Waals surface area (Å²) in [4.78, 5) is 0. The van der Waals surface area contributed by atoms with E-state index in [1.807, 2.05) is 0 Å². The van der Waals surface area contributed by atoms with E-state index in [-0.39, 0.29) is 0 Å². The minimum absolute atomic E-state index is 0.468. The molecule has 4 heteroatoms. The molecule has 1 N–H and O–H groups in total. The van der Waals surface area contributed by atoms with Crippen LogP contribution in [0.4, 0.5) is 0 Å². The van der Waals surface area contributed by atoms with Crippen molar-refractivity contribution in [1.82, 2.24) is 15.1 Å². The number of aromatic nitrogens is 2. The lowest BCUT2D eigenvalue weighted by atomic mass is 9.66. The van der Waals surface area contributed by atoms with Crippen LogP contribution in [0.2, 0.25) is 0 Å². The first-order valence-corrected chi connectivity index (χ1v) is 7.26. The maximum Gasteiger partial charge on any atom is 0.0766 e. The molecule has 0 aromatic carbocycles. The second-order valence-electron chi connectivity index (χ2n) is 5.25. The summed E-state index contributed by atoms with van der Waals surface area (Å²) in [6, 6.07) is 0. The number of hydrogen-bond donors (Lipinski definition) is 1. The molecule has 3 nitrogen and oxygen atoms in total. The molecule has 1 aliphatic rings. The molecule has 0 aliphatic heterocycles. The van der Waals surface area contributed by atoms with Gasteiger partial charge in [-0.15, -0.1) is 0 Å². The Morgan fingerprint density at radius 1 is 1.47 bits per heavy atom. The fraction of sp³-hybridized carbons (Fsp3) is 0.769. The third-order valence-corrected chi connectivity index (χ3v) is 4.93. The van der Waals surface area contributed by atoms with E-state index in [1.165, 1.54) is 35.1 Å². The van der Waals surface area contributed by atoms with Gasteiger partial charge in [0.1, 0.15) is 0 Å².